The second-order valence-corrected chi connectivity index (χ2v) is 3.59. The number of aromatic amines is 1. The third-order valence-electron chi connectivity index (χ3n) is 2.67. The molecule has 2 rings (SSSR count). The number of benzene rings is 1. The number of nitrogens with one attached hydrogen (secondary N) is 1. The van der Waals surface area contributed by atoms with Crippen LogP contribution in [0.5, 0.6) is 17.2 Å². The topological polar surface area (TPSA) is 80.8 Å². The molecule has 0 atom stereocenters. The van der Waals surface area contributed by atoms with Gasteiger partial charge in [-0.05, 0) is 6.07 Å². The number of hydrogen-bond acceptors (Lipinski definition) is 4. The summed E-state index contributed by atoms with van der Waals surface area (Å²) in [6.45, 7) is 0. The van der Waals surface area contributed by atoms with Crippen LogP contribution in [0.1, 0.15) is 10.5 Å². The van der Waals surface area contributed by atoms with Crippen molar-refractivity contribution in [3.8, 4) is 17.2 Å². The van der Waals surface area contributed by atoms with Gasteiger partial charge in [-0.25, -0.2) is 4.79 Å². The number of aromatic carboxylic acids is 1. The molecule has 2 N–H and O–H groups in total. The van der Waals surface area contributed by atoms with Gasteiger partial charge in [0.05, 0.1) is 32.2 Å². The average molecular weight is 251 g/mol. The molecule has 0 amide bonds. The fourth-order valence-electron chi connectivity index (χ4n) is 1.86. The van der Waals surface area contributed by atoms with E-state index in [9.17, 15) is 4.79 Å². The van der Waals surface area contributed by atoms with Gasteiger partial charge in [0.15, 0.2) is 11.5 Å². The van der Waals surface area contributed by atoms with Crippen LogP contribution in [0.4, 0.5) is 0 Å². The number of carboxylic acids is 1. The van der Waals surface area contributed by atoms with Gasteiger partial charge in [0, 0.05) is 6.07 Å². The molecule has 0 saturated heterocycles. The summed E-state index contributed by atoms with van der Waals surface area (Å²) in [5, 5.41) is 9.60. The van der Waals surface area contributed by atoms with Gasteiger partial charge >= 0.3 is 5.97 Å². The van der Waals surface area contributed by atoms with Crippen LogP contribution < -0.4 is 14.2 Å². The molecule has 6 nitrogen and oxygen atoms in total. The molecule has 18 heavy (non-hydrogen) atoms. The lowest BCUT2D eigenvalue weighted by molar-refractivity contribution is 0.0691. The number of fused-ring (bicyclic) bond motifs is 1. The van der Waals surface area contributed by atoms with Crippen molar-refractivity contribution < 1.29 is 24.1 Å². The summed E-state index contributed by atoms with van der Waals surface area (Å²) in [7, 11) is 4.51. The van der Waals surface area contributed by atoms with Crippen LogP contribution in [-0.2, 0) is 0 Å². The fourth-order valence-corrected chi connectivity index (χ4v) is 1.86. The van der Waals surface area contributed by atoms with Gasteiger partial charge in [-0.2, -0.15) is 0 Å². The normalized spacial score (nSPS) is 10.4. The standard InChI is InChI=1S/C12H13NO5/c1-16-8-5-9(17-2)11(18-3)6-4-7(12(14)15)13-10(6)8/h4-5,13H,1-3H3,(H,14,15). The molecule has 0 bridgehead atoms. The van der Waals surface area contributed by atoms with Crippen molar-refractivity contribution in [3.05, 3.63) is 17.8 Å². The average Bonchev–Trinajstić information content (AvgIpc) is 2.81. The first-order chi connectivity index (χ1) is 8.62. The summed E-state index contributed by atoms with van der Waals surface area (Å²) < 4.78 is 15.6. The number of hydrogen-bond donors (Lipinski definition) is 2. The number of methoxy groups -OCH3 is 3. The van der Waals surface area contributed by atoms with Crippen molar-refractivity contribution >= 4 is 16.9 Å². The molecule has 0 aliphatic rings. The minimum atomic E-state index is -1.05. The van der Waals surface area contributed by atoms with Crippen molar-refractivity contribution in [2.75, 3.05) is 21.3 Å². The number of carbonyl (C=O) groups is 1. The van der Waals surface area contributed by atoms with Crippen molar-refractivity contribution in [2.45, 2.75) is 0 Å². The van der Waals surface area contributed by atoms with E-state index in [-0.39, 0.29) is 5.69 Å². The quantitative estimate of drug-likeness (QED) is 0.867. The Morgan fingerprint density at radius 1 is 1.11 bits per heavy atom. The Morgan fingerprint density at radius 3 is 2.28 bits per heavy atom. The number of aromatic nitrogens is 1. The van der Waals surface area contributed by atoms with Crippen molar-refractivity contribution in [3.63, 3.8) is 0 Å². The van der Waals surface area contributed by atoms with Crippen LogP contribution in [0.25, 0.3) is 10.9 Å². The molecule has 1 aromatic carbocycles. The van der Waals surface area contributed by atoms with Crippen LogP contribution in [-0.4, -0.2) is 37.4 Å². The molecular weight excluding hydrogens is 238 g/mol. The van der Waals surface area contributed by atoms with Gasteiger partial charge in [-0.3, -0.25) is 0 Å². The molecule has 0 unspecified atom stereocenters. The van der Waals surface area contributed by atoms with Crippen molar-refractivity contribution in [2.24, 2.45) is 0 Å². The Kier molecular flexibility index (Phi) is 3.01. The molecular formula is C12H13NO5. The van der Waals surface area contributed by atoms with Gasteiger partial charge in [-0.15, -0.1) is 0 Å². The molecule has 0 spiro atoms. The third-order valence-corrected chi connectivity index (χ3v) is 2.67. The Bertz CT molecular complexity index is 602. The highest BCUT2D eigenvalue weighted by Crippen LogP contribution is 2.41. The maximum atomic E-state index is 11.0. The van der Waals surface area contributed by atoms with E-state index >= 15 is 0 Å². The molecule has 1 heterocycles. The Hall–Kier alpha value is -2.37. The second-order valence-electron chi connectivity index (χ2n) is 3.59. The van der Waals surface area contributed by atoms with Crippen LogP contribution in [0.15, 0.2) is 12.1 Å². The van der Waals surface area contributed by atoms with E-state index < -0.39 is 5.97 Å². The summed E-state index contributed by atoms with van der Waals surface area (Å²) >= 11 is 0. The van der Waals surface area contributed by atoms with E-state index in [0.29, 0.717) is 28.2 Å². The monoisotopic (exact) mass is 251 g/mol. The third kappa shape index (κ3) is 1.71. The number of rotatable bonds is 4. The first-order valence-corrected chi connectivity index (χ1v) is 5.17. The first kappa shape index (κ1) is 12.1. The zero-order valence-corrected chi connectivity index (χ0v) is 10.2. The van der Waals surface area contributed by atoms with Crippen molar-refractivity contribution in [1.82, 2.24) is 4.98 Å². The van der Waals surface area contributed by atoms with E-state index in [1.807, 2.05) is 0 Å². The highest BCUT2D eigenvalue weighted by Gasteiger charge is 2.18. The predicted molar refractivity (Wildman–Crippen MR) is 64.9 cm³/mol. The number of H-pyrrole nitrogens is 1. The lowest BCUT2D eigenvalue weighted by atomic mass is 10.2. The molecule has 0 fully saturated rings. The number of carboxylic acid groups (broad SMARTS) is 1. The summed E-state index contributed by atoms with van der Waals surface area (Å²) in [5.74, 6) is 0.402. The fraction of sp³-hybridized carbons (Fsp3) is 0.250. The molecule has 0 aliphatic heterocycles. The van der Waals surface area contributed by atoms with E-state index in [2.05, 4.69) is 4.98 Å². The smallest absolute Gasteiger partial charge is 0.352 e. The van der Waals surface area contributed by atoms with Crippen LogP contribution in [0.2, 0.25) is 0 Å². The van der Waals surface area contributed by atoms with Gasteiger partial charge < -0.3 is 24.3 Å². The summed E-state index contributed by atoms with van der Waals surface area (Å²) in [5.41, 5.74) is 0.627. The highest BCUT2D eigenvalue weighted by atomic mass is 16.5. The molecule has 2 aromatic rings. The minimum Gasteiger partial charge on any atom is -0.494 e. The lowest BCUT2D eigenvalue weighted by Crippen LogP contribution is -1.95. The molecule has 0 radical (unpaired) electrons. The second kappa shape index (κ2) is 4.48. The molecule has 1 aromatic heterocycles. The van der Waals surface area contributed by atoms with E-state index in [4.69, 9.17) is 19.3 Å². The minimum absolute atomic E-state index is 0.0647. The highest BCUT2D eigenvalue weighted by molar-refractivity contribution is 6.00. The SMILES string of the molecule is COc1cc(OC)c2[nH]c(C(=O)O)cc2c1OC. The first-order valence-electron chi connectivity index (χ1n) is 5.17. The van der Waals surface area contributed by atoms with Gasteiger partial charge in [0.2, 0.25) is 0 Å². The van der Waals surface area contributed by atoms with E-state index in [0.717, 1.165) is 0 Å². The summed E-state index contributed by atoms with van der Waals surface area (Å²) in [4.78, 5) is 13.8. The predicted octanol–water partition coefficient (Wildman–Crippen LogP) is 1.89. The zero-order valence-electron chi connectivity index (χ0n) is 10.2. The van der Waals surface area contributed by atoms with Gasteiger partial charge in [-0.1, -0.05) is 0 Å². The molecule has 96 valence electrons. The Morgan fingerprint density at radius 2 is 1.78 bits per heavy atom. The number of ether oxygens (including phenoxy) is 3. The lowest BCUT2D eigenvalue weighted by Gasteiger charge is -2.11. The van der Waals surface area contributed by atoms with Gasteiger partial charge in [0.1, 0.15) is 11.4 Å². The van der Waals surface area contributed by atoms with Crippen LogP contribution in [0.3, 0.4) is 0 Å². The van der Waals surface area contributed by atoms with Crippen molar-refractivity contribution in [1.29, 1.82) is 0 Å². The van der Waals surface area contributed by atoms with E-state index in [1.54, 1.807) is 6.07 Å². The van der Waals surface area contributed by atoms with Crippen LogP contribution >= 0.6 is 0 Å². The Labute approximate surface area is 103 Å². The summed E-state index contributed by atoms with van der Waals surface area (Å²) in [6.07, 6.45) is 0. The van der Waals surface area contributed by atoms with Crippen LogP contribution in [0, 0.1) is 0 Å². The maximum absolute atomic E-state index is 11.0. The summed E-state index contributed by atoms with van der Waals surface area (Å²) in [6, 6.07) is 3.13. The van der Waals surface area contributed by atoms with Gasteiger partial charge in [0.25, 0.3) is 0 Å². The maximum Gasteiger partial charge on any atom is 0.352 e. The molecule has 0 aliphatic carbocycles. The molecule has 6 heteroatoms. The largest absolute Gasteiger partial charge is 0.494 e. The molecule has 0 saturated carbocycles. The zero-order chi connectivity index (χ0) is 13.3. The Balaban J connectivity index is 2.82. The van der Waals surface area contributed by atoms with E-state index in [1.165, 1.54) is 27.4 Å².